The third-order valence-corrected chi connectivity index (χ3v) is 5.87. The largest absolute Gasteiger partial charge is 0.376 e. The van der Waals surface area contributed by atoms with Crippen molar-refractivity contribution in [3.05, 3.63) is 64.3 Å². The number of nitro groups is 1. The van der Waals surface area contributed by atoms with Gasteiger partial charge in [-0.3, -0.25) is 10.1 Å². The smallest absolute Gasteiger partial charge is 0.269 e. The summed E-state index contributed by atoms with van der Waals surface area (Å²) in [7, 11) is 0. The molecule has 2 aliphatic rings. The molecule has 2 aromatic rings. The number of piperazine rings is 1. The fraction of sp³-hybridized carbons (Fsp3) is 0.478. The molecule has 4 rings (SSSR count). The Morgan fingerprint density at radius 1 is 1.15 bits per heavy atom. The number of ether oxygens (including phenoxy) is 1. The quantitative estimate of drug-likeness (QED) is 0.188. The number of nitro benzene ring substituents is 1. The van der Waals surface area contributed by atoms with Gasteiger partial charge in [0.2, 0.25) is 0 Å². The minimum atomic E-state index is -0.384. The van der Waals surface area contributed by atoms with Gasteiger partial charge >= 0.3 is 0 Å². The lowest BCUT2D eigenvalue weighted by Gasteiger charge is -2.37. The number of aliphatic imine (C=N–C) groups is 1. The number of hydrogen-bond acceptors (Lipinski definition) is 6. The van der Waals surface area contributed by atoms with Gasteiger partial charge in [0.1, 0.15) is 5.82 Å². The van der Waals surface area contributed by atoms with Crippen molar-refractivity contribution in [3.63, 3.8) is 0 Å². The second-order valence-electron chi connectivity index (χ2n) is 8.09. The van der Waals surface area contributed by atoms with E-state index in [1.165, 1.54) is 18.6 Å². The molecule has 2 aliphatic heterocycles. The Hall–Kier alpha value is -2.47. The van der Waals surface area contributed by atoms with Crippen LogP contribution >= 0.6 is 24.0 Å². The first-order chi connectivity index (χ1) is 15.7. The van der Waals surface area contributed by atoms with Crippen LogP contribution in [-0.2, 0) is 11.3 Å². The van der Waals surface area contributed by atoms with Crippen LogP contribution in [0.15, 0.2) is 53.7 Å². The number of non-ortho nitro benzene ring substituents is 1. The monoisotopic (exact) mass is 566 g/mol. The number of guanidine groups is 1. The summed E-state index contributed by atoms with van der Waals surface area (Å²) in [5, 5.41) is 14.4. The lowest BCUT2D eigenvalue weighted by Crippen LogP contribution is -2.53. The Morgan fingerprint density at radius 3 is 2.58 bits per heavy atom. The molecule has 0 bridgehead atoms. The lowest BCUT2D eigenvalue weighted by molar-refractivity contribution is -0.384. The highest BCUT2D eigenvalue weighted by Crippen LogP contribution is 2.16. The summed E-state index contributed by atoms with van der Waals surface area (Å²) in [4.78, 5) is 24.4. The molecule has 178 valence electrons. The highest BCUT2D eigenvalue weighted by Gasteiger charge is 2.22. The average molecular weight is 566 g/mol. The molecule has 0 spiro atoms. The number of pyridine rings is 1. The minimum Gasteiger partial charge on any atom is -0.376 e. The van der Waals surface area contributed by atoms with Crippen molar-refractivity contribution in [2.24, 2.45) is 4.99 Å². The summed E-state index contributed by atoms with van der Waals surface area (Å²) in [5.74, 6) is 1.86. The predicted molar refractivity (Wildman–Crippen MR) is 139 cm³/mol. The summed E-state index contributed by atoms with van der Waals surface area (Å²) >= 11 is 0. The van der Waals surface area contributed by atoms with E-state index in [4.69, 9.17) is 9.73 Å². The van der Waals surface area contributed by atoms with Crippen LogP contribution in [0.5, 0.6) is 0 Å². The van der Waals surface area contributed by atoms with Crippen LogP contribution in [0.2, 0.25) is 0 Å². The molecule has 2 fully saturated rings. The van der Waals surface area contributed by atoms with E-state index in [-0.39, 0.29) is 40.7 Å². The molecule has 10 heteroatoms. The van der Waals surface area contributed by atoms with E-state index in [1.54, 1.807) is 12.1 Å². The van der Waals surface area contributed by atoms with Crippen LogP contribution in [-0.4, -0.2) is 66.2 Å². The van der Waals surface area contributed by atoms with Crippen molar-refractivity contribution < 1.29 is 9.66 Å². The molecule has 3 heterocycles. The van der Waals surface area contributed by atoms with E-state index in [0.29, 0.717) is 6.54 Å². The maximum absolute atomic E-state index is 10.9. The molecular weight excluding hydrogens is 535 g/mol. The third kappa shape index (κ3) is 7.26. The lowest BCUT2D eigenvalue weighted by atomic mass is 10.1. The van der Waals surface area contributed by atoms with Crippen LogP contribution < -0.4 is 10.2 Å². The molecule has 0 radical (unpaired) electrons. The zero-order valence-corrected chi connectivity index (χ0v) is 21.0. The van der Waals surface area contributed by atoms with Gasteiger partial charge in [0.15, 0.2) is 5.96 Å². The standard InChI is InChI=1S/C23H30N6O3.HI/c30-29(31)20-9-7-19(8-10-20)17-25-23(26-18-21-5-2-4-16-32-21)28-14-12-27(13-15-28)22-6-1-3-11-24-22;/h1,3,6-11,21H,2,4-5,12-18H2,(H,25,26);1H. The summed E-state index contributed by atoms with van der Waals surface area (Å²) in [5.41, 5.74) is 1.03. The first kappa shape index (κ1) is 25.2. The SMILES string of the molecule is I.O=[N+]([O-])c1ccc(CN=C(NCC2CCCCO2)N2CCN(c3ccccn3)CC2)cc1. The number of nitrogens with one attached hydrogen (secondary N) is 1. The van der Waals surface area contributed by atoms with Crippen LogP contribution in [0.25, 0.3) is 0 Å². The maximum Gasteiger partial charge on any atom is 0.269 e. The van der Waals surface area contributed by atoms with Crippen molar-refractivity contribution in [1.29, 1.82) is 0 Å². The molecule has 33 heavy (non-hydrogen) atoms. The Morgan fingerprint density at radius 2 is 1.94 bits per heavy atom. The summed E-state index contributed by atoms with van der Waals surface area (Å²) < 4.78 is 5.87. The van der Waals surface area contributed by atoms with Crippen molar-refractivity contribution in [2.45, 2.75) is 31.9 Å². The topological polar surface area (TPSA) is 96.1 Å². The number of aromatic nitrogens is 1. The normalized spacial score (nSPS) is 19.0. The van der Waals surface area contributed by atoms with E-state index < -0.39 is 0 Å². The minimum absolute atomic E-state index is 0. The molecule has 0 amide bonds. The summed E-state index contributed by atoms with van der Waals surface area (Å²) in [6, 6.07) is 12.6. The third-order valence-electron chi connectivity index (χ3n) is 5.87. The Kier molecular flexibility index (Phi) is 9.67. The van der Waals surface area contributed by atoms with Gasteiger partial charge < -0.3 is 19.9 Å². The van der Waals surface area contributed by atoms with E-state index in [9.17, 15) is 10.1 Å². The van der Waals surface area contributed by atoms with Gasteiger partial charge in [-0.15, -0.1) is 24.0 Å². The average Bonchev–Trinajstić information content (AvgIpc) is 2.86. The molecule has 9 nitrogen and oxygen atoms in total. The van der Waals surface area contributed by atoms with Gasteiger partial charge in [-0.05, 0) is 37.0 Å². The molecule has 0 saturated carbocycles. The molecule has 0 aliphatic carbocycles. The van der Waals surface area contributed by atoms with Gasteiger partial charge in [0.25, 0.3) is 5.69 Å². The van der Waals surface area contributed by atoms with Gasteiger partial charge in [-0.2, -0.15) is 0 Å². The van der Waals surface area contributed by atoms with Crippen molar-refractivity contribution in [1.82, 2.24) is 15.2 Å². The highest BCUT2D eigenvalue weighted by molar-refractivity contribution is 14.0. The number of benzene rings is 1. The fourth-order valence-corrected chi connectivity index (χ4v) is 4.02. The number of rotatable bonds is 6. The zero-order valence-electron chi connectivity index (χ0n) is 18.6. The van der Waals surface area contributed by atoms with Crippen molar-refractivity contribution >= 4 is 41.4 Å². The molecule has 1 N–H and O–H groups in total. The van der Waals surface area contributed by atoms with Gasteiger partial charge in [0.05, 0.1) is 17.6 Å². The van der Waals surface area contributed by atoms with E-state index in [2.05, 4.69) is 20.1 Å². The molecule has 1 aromatic carbocycles. The van der Waals surface area contributed by atoms with Crippen LogP contribution in [0.1, 0.15) is 24.8 Å². The van der Waals surface area contributed by atoms with Crippen molar-refractivity contribution in [2.75, 3.05) is 44.2 Å². The molecule has 1 unspecified atom stereocenters. The van der Waals surface area contributed by atoms with Crippen LogP contribution in [0.3, 0.4) is 0 Å². The molecule has 1 aromatic heterocycles. The van der Waals surface area contributed by atoms with E-state index in [0.717, 1.165) is 69.5 Å². The number of nitrogens with zero attached hydrogens (tertiary/aromatic N) is 5. The Bertz CT molecular complexity index is 898. The van der Waals surface area contributed by atoms with Crippen LogP contribution in [0.4, 0.5) is 11.5 Å². The van der Waals surface area contributed by atoms with E-state index in [1.807, 2.05) is 24.4 Å². The number of anilines is 1. The predicted octanol–water partition coefficient (Wildman–Crippen LogP) is 3.44. The summed E-state index contributed by atoms with van der Waals surface area (Å²) in [6.07, 6.45) is 5.43. The number of hydrogen-bond donors (Lipinski definition) is 1. The molecule has 2 saturated heterocycles. The van der Waals surface area contributed by atoms with Gasteiger partial charge in [-0.25, -0.2) is 9.98 Å². The zero-order chi connectivity index (χ0) is 22.2. The Balaban J connectivity index is 0.00000306. The highest BCUT2D eigenvalue weighted by atomic mass is 127. The van der Waals surface area contributed by atoms with Gasteiger partial charge in [-0.1, -0.05) is 18.2 Å². The van der Waals surface area contributed by atoms with Gasteiger partial charge in [0, 0.05) is 57.7 Å². The first-order valence-corrected chi connectivity index (χ1v) is 11.2. The Labute approximate surface area is 211 Å². The molecule has 1 atom stereocenters. The first-order valence-electron chi connectivity index (χ1n) is 11.2. The second-order valence-corrected chi connectivity index (χ2v) is 8.09. The fourth-order valence-electron chi connectivity index (χ4n) is 4.02. The van der Waals surface area contributed by atoms with E-state index >= 15 is 0 Å². The van der Waals surface area contributed by atoms with Crippen molar-refractivity contribution in [3.8, 4) is 0 Å². The maximum atomic E-state index is 10.9. The number of halogens is 1. The second kappa shape index (κ2) is 12.7. The van der Waals surface area contributed by atoms with Crippen LogP contribution in [0, 0.1) is 10.1 Å². The summed E-state index contributed by atoms with van der Waals surface area (Å²) in [6.45, 7) is 5.45. The molecular formula is C23H31IN6O3.